The number of nitrogens with zero attached hydrogens (tertiary/aromatic N) is 1. The van der Waals surface area contributed by atoms with E-state index in [0.717, 1.165) is 0 Å². The van der Waals surface area contributed by atoms with Gasteiger partial charge in [0.15, 0.2) is 0 Å². The quantitative estimate of drug-likeness (QED) is 0.456. The Morgan fingerprint density at radius 2 is 1.68 bits per heavy atom. The van der Waals surface area contributed by atoms with Crippen LogP contribution in [0.3, 0.4) is 0 Å². The lowest BCUT2D eigenvalue weighted by atomic mass is 9.81. The van der Waals surface area contributed by atoms with Crippen LogP contribution in [0, 0.1) is 16.0 Å². The minimum atomic E-state index is -0.994. The minimum Gasteiger partial charge on any atom is -0.299 e. The van der Waals surface area contributed by atoms with Crippen LogP contribution in [-0.2, 0) is 9.59 Å². The molecule has 0 aliphatic rings. The van der Waals surface area contributed by atoms with Crippen molar-refractivity contribution in [3.63, 3.8) is 0 Å². The molecule has 0 saturated carbocycles. The van der Waals surface area contributed by atoms with Gasteiger partial charge in [-0.25, -0.2) is 0 Å². The summed E-state index contributed by atoms with van der Waals surface area (Å²) in [5, 5.41) is 11.2. The molecule has 1 rings (SSSR count). The first kappa shape index (κ1) is 15.3. The lowest BCUT2D eigenvalue weighted by Gasteiger charge is -2.20. The number of Topliss-reactive ketones (excluding diaryl/α,β-unsaturated/α-hetero) is 2. The van der Waals surface area contributed by atoms with Gasteiger partial charge in [-0.2, -0.15) is 0 Å². The Bertz CT molecular complexity index is 484. The largest absolute Gasteiger partial charge is 0.299 e. The molecule has 0 radical (unpaired) electrons. The minimum absolute atomic E-state index is 0.366. The predicted molar refractivity (Wildman–Crippen MR) is 70.9 cm³/mol. The first-order chi connectivity index (χ1) is 8.82. The fourth-order valence-electron chi connectivity index (χ4n) is 2.13. The van der Waals surface area contributed by atoms with Crippen LogP contribution >= 0.6 is 11.6 Å². The second kappa shape index (κ2) is 6.43. The second-order valence-electron chi connectivity index (χ2n) is 4.37. The van der Waals surface area contributed by atoms with Gasteiger partial charge in [0.2, 0.25) is 6.54 Å². The van der Waals surface area contributed by atoms with E-state index >= 15 is 0 Å². The molecule has 0 aliphatic carbocycles. The summed E-state index contributed by atoms with van der Waals surface area (Å²) in [4.78, 5) is 33.4. The molecule has 0 aromatic heterocycles. The van der Waals surface area contributed by atoms with Crippen LogP contribution < -0.4 is 0 Å². The summed E-state index contributed by atoms with van der Waals surface area (Å²) in [6.07, 6.45) is 0. The molecule has 0 amide bonds. The van der Waals surface area contributed by atoms with E-state index in [1.54, 1.807) is 24.3 Å². The maximum Gasteiger partial charge on any atom is 0.211 e. The Morgan fingerprint density at radius 1 is 1.21 bits per heavy atom. The van der Waals surface area contributed by atoms with Gasteiger partial charge >= 0.3 is 0 Å². The number of carbonyl (C=O) groups excluding carboxylic acids is 2. The second-order valence-corrected chi connectivity index (χ2v) is 4.81. The molecule has 0 saturated heterocycles. The molecule has 5 nitrogen and oxygen atoms in total. The van der Waals surface area contributed by atoms with E-state index in [0.29, 0.717) is 10.6 Å². The van der Waals surface area contributed by atoms with E-state index in [2.05, 4.69) is 0 Å². The highest BCUT2D eigenvalue weighted by molar-refractivity contribution is 6.30. The molecule has 102 valence electrons. The summed E-state index contributed by atoms with van der Waals surface area (Å²) in [5.74, 6) is -2.49. The molecule has 1 atom stereocenters. The maximum absolute atomic E-state index is 11.6. The van der Waals surface area contributed by atoms with Crippen LogP contribution in [0.5, 0.6) is 0 Å². The average molecular weight is 284 g/mol. The van der Waals surface area contributed by atoms with Gasteiger partial charge in [-0.1, -0.05) is 23.7 Å². The first-order valence-electron chi connectivity index (χ1n) is 5.71. The molecule has 0 bridgehead atoms. The molecular weight excluding hydrogens is 270 g/mol. The average Bonchev–Trinajstić information content (AvgIpc) is 2.27. The summed E-state index contributed by atoms with van der Waals surface area (Å²) in [6, 6.07) is 6.38. The number of halogens is 1. The van der Waals surface area contributed by atoms with Gasteiger partial charge < -0.3 is 0 Å². The summed E-state index contributed by atoms with van der Waals surface area (Å²) in [6.45, 7) is 2.08. The Labute approximate surface area is 115 Å². The number of carbonyl (C=O) groups is 2. The predicted octanol–water partition coefficient (Wildman–Crippen LogP) is 2.49. The van der Waals surface area contributed by atoms with Crippen molar-refractivity contribution in [1.82, 2.24) is 0 Å². The number of hydrogen-bond donors (Lipinski definition) is 0. The SMILES string of the molecule is CC(=O)C(C(C)=O)[C@@H](C[N+](=O)[O-])c1ccc(Cl)cc1. The summed E-state index contributed by atoms with van der Waals surface area (Å²) in [5.41, 5.74) is 0.566. The number of nitro groups is 1. The van der Waals surface area contributed by atoms with Crippen molar-refractivity contribution in [2.24, 2.45) is 5.92 Å². The first-order valence-corrected chi connectivity index (χ1v) is 6.09. The third-order valence-electron chi connectivity index (χ3n) is 2.92. The highest BCUT2D eigenvalue weighted by Gasteiger charge is 2.34. The van der Waals surface area contributed by atoms with Crippen LogP contribution in [0.2, 0.25) is 5.02 Å². The smallest absolute Gasteiger partial charge is 0.211 e. The molecule has 1 aromatic rings. The fourth-order valence-corrected chi connectivity index (χ4v) is 2.25. The topological polar surface area (TPSA) is 77.3 Å². The van der Waals surface area contributed by atoms with Crippen molar-refractivity contribution in [3.05, 3.63) is 45.0 Å². The Balaban J connectivity index is 3.19. The zero-order valence-electron chi connectivity index (χ0n) is 10.6. The van der Waals surface area contributed by atoms with Crippen molar-refractivity contribution in [1.29, 1.82) is 0 Å². The van der Waals surface area contributed by atoms with Crippen molar-refractivity contribution in [3.8, 4) is 0 Å². The van der Waals surface area contributed by atoms with E-state index < -0.39 is 23.3 Å². The number of benzene rings is 1. The molecule has 19 heavy (non-hydrogen) atoms. The van der Waals surface area contributed by atoms with Crippen LogP contribution in [0.1, 0.15) is 25.3 Å². The van der Waals surface area contributed by atoms with Crippen molar-refractivity contribution >= 4 is 23.2 Å². The molecule has 0 spiro atoms. The van der Waals surface area contributed by atoms with Gasteiger partial charge in [0.05, 0.1) is 11.8 Å². The number of hydrogen-bond acceptors (Lipinski definition) is 4. The molecule has 0 unspecified atom stereocenters. The number of rotatable bonds is 6. The van der Waals surface area contributed by atoms with Crippen LogP contribution in [0.4, 0.5) is 0 Å². The lowest BCUT2D eigenvalue weighted by molar-refractivity contribution is -0.484. The number of ketones is 2. The molecule has 1 aromatic carbocycles. The van der Waals surface area contributed by atoms with E-state index in [4.69, 9.17) is 11.6 Å². The molecule has 0 aliphatic heterocycles. The van der Waals surface area contributed by atoms with Gasteiger partial charge in [-0.15, -0.1) is 0 Å². The third kappa shape index (κ3) is 4.13. The molecule has 0 N–H and O–H groups in total. The van der Waals surface area contributed by atoms with E-state index in [1.165, 1.54) is 13.8 Å². The standard InChI is InChI=1S/C13H14ClNO4/c1-8(16)13(9(2)17)12(7-15(18)19)10-3-5-11(14)6-4-10/h3-6,12-13H,7H2,1-2H3/t12-/m0/s1. The monoisotopic (exact) mass is 283 g/mol. The molecule has 0 fully saturated rings. The van der Waals surface area contributed by atoms with Crippen molar-refractivity contribution < 1.29 is 14.5 Å². The summed E-state index contributed by atoms with van der Waals surface area (Å²) >= 11 is 5.76. The van der Waals surface area contributed by atoms with Crippen LogP contribution in [0.25, 0.3) is 0 Å². The zero-order valence-corrected chi connectivity index (χ0v) is 11.4. The van der Waals surface area contributed by atoms with E-state index in [-0.39, 0.29) is 11.6 Å². The Kier molecular flexibility index (Phi) is 5.18. The molecule has 0 heterocycles. The summed E-state index contributed by atoms with van der Waals surface area (Å²) in [7, 11) is 0. The van der Waals surface area contributed by atoms with Gasteiger partial charge in [-0.05, 0) is 31.5 Å². The Morgan fingerprint density at radius 3 is 2.05 bits per heavy atom. The summed E-state index contributed by atoms with van der Waals surface area (Å²) < 4.78 is 0. The van der Waals surface area contributed by atoms with Crippen LogP contribution in [-0.4, -0.2) is 23.0 Å². The lowest BCUT2D eigenvalue weighted by Crippen LogP contribution is -2.31. The van der Waals surface area contributed by atoms with Gasteiger partial charge in [0.1, 0.15) is 11.6 Å². The molecule has 6 heteroatoms. The van der Waals surface area contributed by atoms with E-state index in [9.17, 15) is 19.7 Å². The van der Waals surface area contributed by atoms with Gasteiger partial charge in [-0.3, -0.25) is 19.7 Å². The van der Waals surface area contributed by atoms with Crippen molar-refractivity contribution in [2.75, 3.05) is 6.54 Å². The third-order valence-corrected chi connectivity index (χ3v) is 3.17. The fraction of sp³-hybridized carbons (Fsp3) is 0.385. The van der Waals surface area contributed by atoms with Gasteiger partial charge in [0, 0.05) is 9.95 Å². The molecular formula is C13H14ClNO4. The highest BCUT2D eigenvalue weighted by Crippen LogP contribution is 2.28. The van der Waals surface area contributed by atoms with Crippen molar-refractivity contribution in [2.45, 2.75) is 19.8 Å². The normalized spacial score (nSPS) is 12.2. The van der Waals surface area contributed by atoms with Crippen LogP contribution in [0.15, 0.2) is 24.3 Å². The highest BCUT2D eigenvalue weighted by atomic mass is 35.5. The van der Waals surface area contributed by atoms with E-state index in [1.807, 2.05) is 0 Å². The Hall–Kier alpha value is -1.75. The maximum atomic E-state index is 11.6. The van der Waals surface area contributed by atoms with Gasteiger partial charge in [0.25, 0.3) is 0 Å². The zero-order chi connectivity index (χ0) is 14.6.